The van der Waals surface area contributed by atoms with E-state index in [0.29, 0.717) is 29.7 Å². The number of aromatic nitrogens is 3. The quantitative estimate of drug-likeness (QED) is 0.426. The summed E-state index contributed by atoms with van der Waals surface area (Å²) in [7, 11) is 0. The van der Waals surface area contributed by atoms with Crippen molar-refractivity contribution in [3.63, 3.8) is 0 Å². The molecule has 166 valence electrons. The summed E-state index contributed by atoms with van der Waals surface area (Å²) in [6.07, 6.45) is 4.49. The number of imidazole rings is 1. The van der Waals surface area contributed by atoms with E-state index in [1.165, 1.54) is 11.0 Å². The summed E-state index contributed by atoms with van der Waals surface area (Å²) < 4.78 is 46.9. The molecule has 3 aromatic heterocycles. The van der Waals surface area contributed by atoms with E-state index in [1.807, 2.05) is 18.2 Å². The number of aryl methyl sites for hydroxylation is 2. The first-order chi connectivity index (χ1) is 15.5. The maximum atomic E-state index is 14.6. The van der Waals surface area contributed by atoms with Crippen molar-refractivity contribution < 1.29 is 17.6 Å². The fourth-order valence-corrected chi connectivity index (χ4v) is 3.97. The zero-order valence-electron chi connectivity index (χ0n) is 17.2. The van der Waals surface area contributed by atoms with Crippen molar-refractivity contribution in [2.24, 2.45) is 0 Å². The van der Waals surface area contributed by atoms with Crippen LogP contribution in [0.25, 0.3) is 11.2 Å². The van der Waals surface area contributed by atoms with Crippen LogP contribution in [0.15, 0.2) is 53.3 Å². The number of H-pyrrole nitrogens is 1. The molecule has 0 bridgehead atoms. The number of hydrogen-bond acceptors (Lipinski definition) is 5. The van der Waals surface area contributed by atoms with Crippen LogP contribution in [0.2, 0.25) is 0 Å². The summed E-state index contributed by atoms with van der Waals surface area (Å²) in [5, 5.41) is 3.27. The third kappa shape index (κ3) is 4.28. The van der Waals surface area contributed by atoms with Gasteiger partial charge in [-0.1, -0.05) is 6.07 Å². The Morgan fingerprint density at radius 3 is 2.84 bits per heavy atom. The largest absolute Gasteiger partial charge is 0.469 e. The molecule has 0 radical (unpaired) electrons. The smallest absolute Gasteiger partial charge is 0.266 e. The Kier molecular flexibility index (Phi) is 5.24. The number of rotatable bonds is 7. The van der Waals surface area contributed by atoms with Gasteiger partial charge in [0.1, 0.15) is 22.9 Å². The van der Waals surface area contributed by atoms with Gasteiger partial charge in [0.2, 0.25) is 0 Å². The topological polar surface area (TPSA) is 70.0 Å². The Hall–Kier alpha value is -3.49. The van der Waals surface area contributed by atoms with Crippen molar-refractivity contribution in [1.29, 1.82) is 0 Å². The fourth-order valence-electron chi connectivity index (χ4n) is 3.97. The molecule has 0 atom stereocenters. The van der Waals surface area contributed by atoms with Crippen molar-refractivity contribution in [2.45, 2.75) is 31.7 Å². The summed E-state index contributed by atoms with van der Waals surface area (Å²) in [6, 6.07) is 10.3. The summed E-state index contributed by atoms with van der Waals surface area (Å²) in [5.74, 6) is -1.57. The van der Waals surface area contributed by atoms with Crippen molar-refractivity contribution in [2.75, 3.05) is 23.3 Å². The number of halogens is 3. The monoisotopic (exact) mass is 441 g/mol. The molecular weight excluding hydrogens is 419 g/mol. The Morgan fingerprint density at radius 1 is 1.19 bits per heavy atom. The number of hydrogen-bond donors (Lipinski definition) is 2. The van der Waals surface area contributed by atoms with Gasteiger partial charge in [-0.15, -0.1) is 0 Å². The Bertz CT molecular complexity index is 1220. The maximum Gasteiger partial charge on any atom is 0.266 e. The predicted octanol–water partition coefficient (Wildman–Crippen LogP) is 4.93. The number of anilines is 2. The number of alkyl halides is 2. The molecular formula is C23H22F3N5O. The fraction of sp³-hybridized carbons (Fsp3) is 0.304. The predicted molar refractivity (Wildman–Crippen MR) is 116 cm³/mol. The van der Waals surface area contributed by atoms with Crippen LogP contribution in [-0.4, -0.2) is 34.0 Å². The third-order valence-electron chi connectivity index (χ3n) is 5.63. The highest BCUT2D eigenvalue weighted by molar-refractivity contribution is 5.85. The van der Waals surface area contributed by atoms with E-state index < -0.39 is 18.3 Å². The van der Waals surface area contributed by atoms with Crippen molar-refractivity contribution in [1.82, 2.24) is 15.0 Å². The number of furan rings is 1. The van der Waals surface area contributed by atoms with E-state index in [1.54, 1.807) is 24.6 Å². The zero-order chi connectivity index (χ0) is 22.1. The molecule has 5 rings (SSSR count). The van der Waals surface area contributed by atoms with Gasteiger partial charge >= 0.3 is 0 Å². The van der Waals surface area contributed by atoms with E-state index >= 15 is 0 Å². The van der Waals surface area contributed by atoms with Gasteiger partial charge in [-0.05, 0) is 35.9 Å². The lowest BCUT2D eigenvalue weighted by molar-refractivity contribution is 0.0257. The zero-order valence-corrected chi connectivity index (χ0v) is 17.2. The molecule has 0 unspecified atom stereocenters. The van der Waals surface area contributed by atoms with Gasteiger partial charge in [0.05, 0.1) is 24.2 Å². The second-order valence-corrected chi connectivity index (χ2v) is 7.99. The van der Waals surface area contributed by atoms with E-state index in [0.717, 1.165) is 23.7 Å². The van der Waals surface area contributed by atoms with Gasteiger partial charge in [0.15, 0.2) is 5.65 Å². The minimum atomic E-state index is -2.76. The first kappa shape index (κ1) is 20.4. The molecule has 0 amide bonds. The van der Waals surface area contributed by atoms with Gasteiger partial charge in [0.25, 0.3) is 5.92 Å². The summed E-state index contributed by atoms with van der Waals surface area (Å²) in [6.45, 7) is 0.0664. The minimum absolute atomic E-state index is 0.151. The molecule has 9 heteroatoms. The average Bonchev–Trinajstić information content (AvgIpc) is 3.50. The van der Waals surface area contributed by atoms with Crippen LogP contribution in [0.5, 0.6) is 0 Å². The Morgan fingerprint density at radius 2 is 2.09 bits per heavy atom. The van der Waals surface area contributed by atoms with Crippen LogP contribution in [0.1, 0.15) is 23.6 Å². The minimum Gasteiger partial charge on any atom is -0.469 e. The van der Waals surface area contributed by atoms with E-state index in [-0.39, 0.29) is 18.7 Å². The van der Waals surface area contributed by atoms with E-state index in [9.17, 15) is 13.2 Å². The second kappa shape index (κ2) is 8.22. The van der Waals surface area contributed by atoms with Crippen molar-refractivity contribution in [3.8, 4) is 0 Å². The summed E-state index contributed by atoms with van der Waals surface area (Å²) >= 11 is 0. The molecule has 0 aliphatic carbocycles. The molecule has 32 heavy (non-hydrogen) atoms. The van der Waals surface area contributed by atoms with Gasteiger partial charge in [-0.3, -0.25) is 0 Å². The number of aromatic amines is 1. The molecule has 1 fully saturated rings. The van der Waals surface area contributed by atoms with Crippen LogP contribution in [0, 0.1) is 5.82 Å². The molecule has 0 saturated carbocycles. The molecule has 0 spiro atoms. The van der Waals surface area contributed by atoms with Crippen LogP contribution in [0.3, 0.4) is 0 Å². The van der Waals surface area contributed by atoms with E-state index in [4.69, 9.17) is 4.42 Å². The SMILES string of the molecule is Fc1cc(CNc2ccnc3[nH]c(CCc4ccco4)nc23)ccc1N1CCC(F)(F)C1. The summed E-state index contributed by atoms with van der Waals surface area (Å²) in [5.41, 5.74) is 3.07. The van der Waals surface area contributed by atoms with Crippen molar-refractivity contribution >= 4 is 22.5 Å². The van der Waals surface area contributed by atoms with Crippen LogP contribution in [0.4, 0.5) is 24.5 Å². The molecule has 1 aromatic carbocycles. The lowest BCUT2D eigenvalue weighted by Gasteiger charge is -2.19. The van der Waals surface area contributed by atoms with Gasteiger partial charge < -0.3 is 19.6 Å². The number of nitrogens with one attached hydrogen (secondary N) is 2. The second-order valence-electron chi connectivity index (χ2n) is 7.99. The molecule has 1 aliphatic heterocycles. The van der Waals surface area contributed by atoms with Crippen LogP contribution < -0.4 is 10.2 Å². The summed E-state index contributed by atoms with van der Waals surface area (Å²) in [4.78, 5) is 13.6. The van der Waals surface area contributed by atoms with Gasteiger partial charge in [-0.25, -0.2) is 23.1 Å². The molecule has 4 heterocycles. The van der Waals surface area contributed by atoms with Gasteiger partial charge in [-0.2, -0.15) is 0 Å². The Balaban J connectivity index is 1.27. The molecule has 1 saturated heterocycles. The highest BCUT2D eigenvalue weighted by Crippen LogP contribution is 2.32. The molecule has 6 nitrogen and oxygen atoms in total. The number of pyridine rings is 1. The third-order valence-corrected chi connectivity index (χ3v) is 5.63. The molecule has 1 aliphatic rings. The highest BCUT2D eigenvalue weighted by atomic mass is 19.3. The van der Waals surface area contributed by atoms with Crippen molar-refractivity contribution in [3.05, 3.63) is 71.8 Å². The number of nitrogens with zero attached hydrogens (tertiary/aromatic N) is 3. The Labute approximate surface area is 182 Å². The maximum absolute atomic E-state index is 14.6. The molecule has 4 aromatic rings. The molecule has 2 N–H and O–H groups in total. The number of fused-ring (bicyclic) bond motifs is 1. The standard InChI is InChI=1S/C23H22F3N5O/c24-17-12-15(3-5-19(17)31-10-8-23(25,26)14-31)13-28-18-7-9-27-22-21(18)29-20(30-22)6-4-16-2-1-11-32-16/h1-3,5,7,9,11-12H,4,6,8,10,13-14H2,(H2,27,28,29,30). The highest BCUT2D eigenvalue weighted by Gasteiger charge is 2.39. The first-order valence-electron chi connectivity index (χ1n) is 10.5. The van der Waals surface area contributed by atoms with Crippen LogP contribution in [-0.2, 0) is 19.4 Å². The lowest BCUT2D eigenvalue weighted by Crippen LogP contribution is -2.25. The average molecular weight is 441 g/mol. The van der Waals surface area contributed by atoms with Crippen LogP contribution >= 0.6 is 0 Å². The normalized spacial score (nSPS) is 15.5. The van der Waals surface area contributed by atoms with E-state index in [2.05, 4.69) is 20.3 Å². The first-order valence-corrected chi connectivity index (χ1v) is 10.5. The van der Waals surface area contributed by atoms with Gasteiger partial charge in [0, 0.05) is 38.5 Å². The number of benzene rings is 1. The lowest BCUT2D eigenvalue weighted by atomic mass is 10.1.